The number of aliphatic hydroxyl groups excluding tert-OH is 1. The lowest BCUT2D eigenvalue weighted by atomic mass is 10.2. The van der Waals surface area contributed by atoms with Crippen LogP contribution in [0.25, 0.3) is 0 Å². The van der Waals surface area contributed by atoms with Crippen molar-refractivity contribution < 1.29 is 19.4 Å². The molecule has 0 rings (SSSR count). The summed E-state index contributed by atoms with van der Waals surface area (Å²) in [5.74, 6) is 0. The number of amides is 2. The molecule has 0 spiro atoms. The largest absolute Gasteiger partial charge is 0.394 e. The smallest absolute Gasteiger partial charge is 0.316 e. The second kappa shape index (κ2) is 9.70. The summed E-state index contributed by atoms with van der Waals surface area (Å²) in [5, 5.41) is 13.9. The van der Waals surface area contributed by atoms with Crippen molar-refractivity contribution in [2.24, 2.45) is 0 Å². The van der Waals surface area contributed by atoms with Crippen LogP contribution in [0.1, 0.15) is 13.3 Å². The summed E-state index contributed by atoms with van der Waals surface area (Å²) >= 11 is 0. The molecule has 0 aliphatic heterocycles. The predicted octanol–water partition coefficient (Wildman–Crippen LogP) is -0.323. The van der Waals surface area contributed by atoms with Gasteiger partial charge in [-0.2, -0.15) is 0 Å². The molecule has 1 unspecified atom stereocenters. The number of hydrogen-bond acceptors (Lipinski definition) is 4. The predicted molar refractivity (Wildman–Crippen MR) is 55.5 cm³/mol. The molecule has 0 bridgehead atoms. The Hall–Kier alpha value is -0.850. The highest BCUT2D eigenvalue weighted by Gasteiger charge is 2.07. The average molecular weight is 220 g/mol. The van der Waals surface area contributed by atoms with Crippen LogP contribution < -0.4 is 10.6 Å². The number of carbonyl (C=O) groups excluding carboxylic acids is 1. The highest BCUT2D eigenvalue weighted by molar-refractivity contribution is 5.73. The van der Waals surface area contributed by atoms with Crippen molar-refractivity contribution in [2.45, 2.75) is 19.4 Å². The van der Waals surface area contributed by atoms with Gasteiger partial charge in [0.05, 0.1) is 25.9 Å². The Morgan fingerprint density at radius 3 is 2.73 bits per heavy atom. The van der Waals surface area contributed by atoms with Gasteiger partial charge in [-0.1, -0.05) is 6.92 Å². The molecule has 90 valence electrons. The molecule has 0 heterocycles. The molecule has 0 aromatic rings. The number of ether oxygens (including phenoxy) is 2. The quantitative estimate of drug-likeness (QED) is 0.387. The normalized spacial score (nSPS) is 12.2. The van der Waals surface area contributed by atoms with Gasteiger partial charge in [-0.05, 0) is 6.42 Å². The topological polar surface area (TPSA) is 79.8 Å². The third-order valence-electron chi connectivity index (χ3n) is 1.81. The van der Waals surface area contributed by atoms with Crippen LogP contribution in [0.4, 0.5) is 4.79 Å². The molecule has 6 heteroatoms. The number of hydrogen-bond donors (Lipinski definition) is 3. The number of nitrogens with one attached hydrogen (secondary N) is 2. The third-order valence-corrected chi connectivity index (χ3v) is 1.81. The standard InChI is InChI=1S/C9H20N2O4/c1-3-8(6-12)11-9(13)10-7-15-5-4-14-2/h8,12H,3-7H2,1-2H3,(H2,10,11,13). The number of rotatable bonds is 8. The lowest BCUT2D eigenvalue weighted by Gasteiger charge is -2.14. The highest BCUT2D eigenvalue weighted by Crippen LogP contribution is 1.87. The monoisotopic (exact) mass is 220 g/mol. The number of carbonyl (C=O) groups is 1. The fourth-order valence-electron chi connectivity index (χ4n) is 0.844. The molecule has 0 aliphatic carbocycles. The zero-order chi connectivity index (χ0) is 11.5. The summed E-state index contributed by atoms with van der Waals surface area (Å²) in [5.41, 5.74) is 0. The van der Waals surface area contributed by atoms with Gasteiger partial charge in [-0.15, -0.1) is 0 Å². The molecule has 0 saturated heterocycles. The van der Waals surface area contributed by atoms with E-state index in [1.54, 1.807) is 7.11 Å². The molecule has 0 aliphatic rings. The number of aliphatic hydroxyl groups is 1. The SMILES string of the molecule is CCC(CO)NC(=O)NCOCCOC. The van der Waals surface area contributed by atoms with Crippen molar-refractivity contribution in [1.82, 2.24) is 10.6 Å². The molecule has 0 aromatic heterocycles. The summed E-state index contributed by atoms with van der Waals surface area (Å²) in [6.45, 7) is 2.90. The number of urea groups is 1. The minimum Gasteiger partial charge on any atom is -0.394 e. The van der Waals surface area contributed by atoms with Crippen LogP contribution in [0.15, 0.2) is 0 Å². The minimum absolute atomic E-state index is 0.0611. The van der Waals surface area contributed by atoms with E-state index in [4.69, 9.17) is 14.6 Å². The van der Waals surface area contributed by atoms with Crippen molar-refractivity contribution in [2.75, 3.05) is 33.7 Å². The summed E-state index contributed by atoms with van der Waals surface area (Å²) in [6, 6.07) is -0.544. The molecule has 0 aromatic carbocycles. The Morgan fingerprint density at radius 1 is 1.47 bits per heavy atom. The molecule has 15 heavy (non-hydrogen) atoms. The summed E-state index contributed by atoms with van der Waals surface area (Å²) in [6.07, 6.45) is 0.689. The van der Waals surface area contributed by atoms with E-state index in [1.165, 1.54) is 0 Å². The lowest BCUT2D eigenvalue weighted by Crippen LogP contribution is -2.44. The van der Waals surface area contributed by atoms with Gasteiger partial charge in [0.1, 0.15) is 6.73 Å². The first-order valence-corrected chi connectivity index (χ1v) is 4.96. The molecule has 0 saturated carbocycles. The van der Waals surface area contributed by atoms with E-state index >= 15 is 0 Å². The van der Waals surface area contributed by atoms with Gasteiger partial charge in [-0.3, -0.25) is 0 Å². The fraction of sp³-hybridized carbons (Fsp3) is 0.889. The molecule has 6 nitrogen and oxygen atoms in total. The zero-order valence-electron chi connectivity index (χ0n) is 9.28. The van der Waals surface area contributed by atoms with Gasteiger partial charge in [0.15, 0.2) is 0 Å². The van der Waals surface area contributed by atoms with E-state index in [0.29, 0.717) is 19.6 Å². The van der Waals surface area contributed by atoms with Crippen molar-refractivity contribution in [3.8, 4) is 0 Å². The number of methoxy groups -OCH3 is 1. The minimum atomic E-state index is -0.340. The van der Waals surface area contributed by atoms with Crippen LogP contribution in [0, 0.1) is 0 Å². The van der Waals surface area contributed by atoms with Gasteiger partial charge in [0, 0.05) is 7.11 Å². The van der Waals surface area contributed by atoms with Gasteiger partial charge < -0.3 is 25.2 Å². The molecule has 0 radical (unpaired) electrons. The van der Waals surface area contributed by atoms with E-state index in [1.807, 2.05) is 6.92 Å². The Bertz CT molecular complexity index is 162. The molecular formula is C9H20N2O4. The van der Waals surface area contributed by atoms with E-state index in [0.717, 1.165) is 0 Å². The first kappa shape index (κ1) is 14.2. The summed E-state index contributed by atoms with van der Waals surface area (Å²) in [4.78, 5) is 11.2. The maximum atomic E-state index is 11.2. The van der Waals surface area contributed by atoms with Crippen molar-refractivity contribution in [1.29, 1.82) is 0 Å². The Kier molecular flexibility index (Phi) is 9.15. The van der Waals surface area contributed by atoms with Crippen LogP contribution in [0.5, 0.6) is 0 Å². The second-order valence-corrected chi connectivity index (χ2v) is 2.98. The van der Waals surface area contributed by atoms with Crippen molar-refractivity contribution in [3.05, 3.63) is 0 Å². The Labute approximate surface area is 89.9 Å². The van der Waals surface area contributed by atoms with Crippen LogP contribution in [-0.2, 0) is 9.47 Å². The van der Waals surface area contributed by atoms with Crippen LogP contribution in [0.3, 0.4) is 0 Å². The first-order chi connectivity index (χ1) is 7.24. The van der Waals surface area contributed by atoms with Crippen LogP contribution >= 0.6 is 0 Å². The van der Waals surface area contributed by atoms with E-state index in [-0.39, 0.29) is 25.4 Å². The molecule has 0 fully saturated rings. The molecule has 3 N–H and O–H groups in total. The maximum Gasteiger partial charge on any atom is 0.316 e. The zero-order valence-corrected chi connectivity index (χ0v) is 9.28. The first-order valence-electron chi connectivity index (χ1n) is 4.96. The second-order valence-electron chi connectivity index (χ2n) is 2.98. The van der Waals surface area contributed by atoms with E-state index in [9.17, 15) is 4.79 Å². The Morgan fingerprint density at radius 2 is 2.20 bits per heavy atom. The third kappa shape index (κ3) is 8.17. The maximum absolute atomic E-state index is 11.2. The van der Waals surface area contributed by atoms with E-state index in [2.05, 4.69) is 10.6 Å². The van der Waals surface area contributed by atoms with E-state index < -0.39 is 0 Å². The van der Waals surface area contributed by atoms with Crippen molar-refractivity contribution in [3.63, 3.8) is 0 Å². The Balaban J connectivity index is 3.40. The summed E-state index contributed by atoms with van der Waals surface area (Å²) < 4.78 is 9.80. The molecular weight excluding hydrogens is 200 g/mol. The van der Waals surface area contributed by atoms with Crippen LogP contribution in [-0.4, -0.2) is 50.8 Å². The summed E-state index contributed by atoms with van der Waals surface area (Å²) in [7, 11) is 1.58. The fourth-order valence-corrected chi connectivity index (χ4v) is 0.844. The van der Waals surface area contributed by atoms with Gasteiger partial charge >= 0.3 is 6.03 Å². The average Bonchev–Trinajstić information content (AvgIpc) is 2.25. The van der Waals surface area contributed by atoms with Crippen LogP contribution in [0.2, 0.25) is 0 Å². The van der Waals surface area contributed by atoms with Crippen molar-refractivity contribution >= 4 is 6.03 Å². The lowest BCUT2D eigenvalue weighted by molar-refractivity contribution is 0.0639. The molecule has 1 atom stereocenters. The highest BCUT2D eigenvalue weighted by atomic mass is 16.5. The molecule has 2 amide bonds. The van der Waals surface area contributed by atoms with Gasteiger partial charge in [-0.25, -0.2) is 4.79 Å². The van der Waals surface area contributed by atoms with Gasteiger partial charge in [0.25, 0.3) is 0 Å². The van der Waals surface area contributed by atoms with Gasteiger partial charge in [0.2, 0.25) is 0 Å².